The third-order valence-corrected chi connectivity index (χ3v) is 1.57. The van der Waals surface area contributed by atoms with E-state index in [1.807, 2.05) is 18.3 Å². The number of aromatic nitrogens is 1. The molecule has 0 aliphatic heterocycles. The Kier molecular flexibility index (Phi) is 3.20. The van der Waals surface area contributed by atoms with Gasteiger partial charge in [0, 0.05) is 11.9 Å². The lowest BCUT2D eigenvalue weighted by Gasteiger charge is -1.96. The number of nitrogens with one attached hydrogen (secondary N) is 1. The number of hydrogen-bond donors (Lipinski definition) is 3. The third kappa shape index (κ3) is 3.25. The van der Waals surface area contributed by atoms with Gasteiger partial charge in [0.15, 0.2) is 0 Å². The van der Waals surface area contributed by atoms with E-state index in [2.05, 4.69) is 4.98 Å². The van der Waals surface area contributed by atoms with Crippen LogP contribution in [0.1, 0.15) is 12.1 Å². The Bertz CT molecular complexity index is 186. The van der Waals surface area contributed by atoms with Gasteiger partial charge in [0.25, 0.3) is 0 Å². The molecule has 1 heterocycles. The lowest BCUT2D eigenvalue weighted by molar-refractivity contribution is 0.403. The van der Waals surface area contributed by atoms with Crippen molar-refractivity contribution in [2.24, 2.45) is 0 Å². The number of hydrogen-bond acceptors (Lipinski definition) is 2. The minimum Gasteiger partial charge on any atom is -0.427 e. The summed E-state index contributed by atoms with van der Waals surface area (Å²) in [7, 11) is -1.16. The van der Waals surface area contributed by atoms with E-state index in [9.17, 15) is 0 Å². The minimum atomic E-state index is -1.16. The van der Waals surface area contributed by atoms with Crippen molar-refractivity contribution in [1.82, 2.24) is 4.98 Å². The van der Waals surface area contributed by atoms with Crippen LogP contribution in [0.15, 0.2) is 18.3 Å². The van der Waals surface area contributed by atoms with Crippen molar-refractivity contribution in [2.45, 2.75) is 19.2 Å². The molecule has 4 heteroatoms. The monoisotopic (exact) mass is 153 g/mol. The van der Waals surface area contributed by atoms with E-state index >= 15 is 0 Å². The molecular formula is C7H12BNO2. The van der Waals surface area contributed by atoms with Gasteiger partial charge in [-0.1, -0.05) is 0 Å². The van der Waals surface area contributed by atoms with Gasteiger partial charge in [0.2, 0.25) is 0 Å². The van der Waals surface area contributed by atoms with E-state index in [-0.39, 0.29) is 0 Å². The molecule has 1 rings (SSSR count). The Balaban J connectivity index is 2.14. The van der Waals surface area contributed by atoms with Crippen LogP contribution in [-0.2, 0) is 6.42 Å². The number of aromatic amines is 1. The molecule has 0 unspecified atom stereocenters. The first kappa shape index (κ1) is 8.36. The lowest BCUT2D eigenvalue weighted by Crippen LogP contribution is -2.09. The van der Waals surface area contributed by atoms with Crippen molar-refractivity contribution < 1.29 is 10.0 Å². The first-order chi connectivity index (χ1) is 5.29. The molecule has 0 amide bonds. The molecule has 3 nitrogen and oxygen atoms in total. The molecule has 0 bridgehead atoms. The van der Waals surface area contributed by atoms with Gasteiger partial charge in [-0.3, -0.25) is 0 Å². The summed E-state index contributed by atoms with van der Waals surface area (Å²) in [4.78, 5) is 3.05. The van der Waals surface area contributed by atoms with E-state index in [0.717, 1.165) is 18.5 Å². The van der Waals surface area contributed by atoms with Crippen LogP contribution in [0, 0.1) is 0 Å². The summed E-state index contributed by atoms with van der Waals surface area (Å²) in [6.07, 6.45) is 3.99. The predicted octanol–water partition coefficient (Wildman–Crippen LogP) is 0.420. The quantitative estimate of drug-likeness (QED) is 0.549. The first-order valence-electron chi connectivity index (χ1n) is 3.77. The van der Waals surface area contributed by atoms with Crippen molar-refractivity contribution in [3.8, 4) is 0 Å². The average Bonchev–Trinajstić information content (AvgIpc) is 2.39. The molecule has 0 aliphatic carbocycles. The van der Waals surface area contributed by atoms with Crippen LogP contribution < -0.4 is 0 Å². The van der Waals surface area contributed by atoms with Crippen LogP contribution >= 0.6 is 0 Å². The van der Waals surface area contributed by atoms with E-state index < -0.39 is 7.12 Å². The Morgan fingerprint density at radius 2 is 2.27 bits per heavy atom. The number of H-pyrrole nitrogens is 1. The third-order valence-electron chi connectivity index (χ3n) is 1.57. The highest BCUT2D eigenvalue weighted by molar-refractivity contribution is 6.40. The Hall–Kier alpha value is -0.735. The van der Waals surface area contributed by atoms with Gasteiger partial charge in [-0.15, -0.1) is 0 Å². The van der Waals surface area contributed by atoms with E-state index in [1.54, 1.807) is 0 Å². The number of aryl methyl sites for hydroxylation is 1. The summed E-state index contributed by atoms with van der Waals surface area (Å²) in [5, 5.41) is 17.1. The maximum Gasteiger partial charge on any atom is 0.451 e. The molecule has 0 aliphatic rings. The van der Waals surface area contributed by atoms with E-state index in [1.165, 1.54) is 0 Å². The fourth-order valence-corrected chi connectivity index (χ4v) is 0.998. The van der Waals surface area contributed by atoms with E-state index in [0.29, 0.717) is 6.32 Å². The molecule has 0 saturated heterocycles. The van der Waals surface area contributed by atoms with Crippen molar-refractivity contribution in [3.63, 3.8) is 0 Å². The molecule has 3 N–H and O–H groups in total. The summed E-state index contributed by atoms with van der Waals surface area (Å²) < 4.78 is 0. The Morgan fingerprint density at radius 3 is 2.82 bits per heavy atom. The highest BCUT2D eigenvalue weighted by Gasteiger charge is 2.05. The predicted molar refractivity (Wildman–Crippen MR) is 44.1 cm³/mol. The first-order valence-corrected chi connectivity index (χ1v) is 3.77. The fourth-order valence-electron chi connectivity index (χ4n) is 0.998. The zero-order valence-electron chi connectivity index (χ0n) is 6.33. The maximum atomic E-state index is 8.53. The fraction of sp³-hybridized carbons (Fsp3) is 0.429. The summed E-state index contributed by atoms with van der Waals surface area (Å²) in [5.41, 5.74) is 1.14. The summed E-state index contributed by atoms with van der Waals surface area (Å²) in [6, 6.07) is 3.93. The lowest BCUT2D eigenvalue weighted by atomic mass is 9.83. The molecule has 0 spiro atoms. The second-order valence-corrected chi connectivity index (χ2v) is 2.57. The molecule has 0 saturated carbocycles. The van der Waals surface area contributed by atoms with Crippen molar-refractivity contribution >= 4 is 7.12 Å². The van der Waals surface area contributed by atoms with Crippen molar-refractivity contribution in [2.75, 3.05) is 0 Å². The van der Waals surface area contributed by atoms with Crippen LogP contribution in [0.25, 0.3) is 0 Å². The summed E-state index contributed by atoms with van der Waals surface area (Å²) in [5.74, 6) is 0. The highest BCUT2D eigenvalue weighted by atomic mass is 16.4. The average molecular weight is 153 g/mol. The van der Waals surface area contributed by atoms with Gasteiger partial charge in [-0.2, -0.15) is 0 Å². The van der Waals surface area contributed by atoms with Crippen molar-refractivity contribution in [1.29, 1.82) is 0 Å². The Morgan fingerprint density at radius 1 is 1.45 bits per heavy atom. The molecule has 0 radical (unpaired) electrons. The van der Waals surface area contributed by atoms with Gasteiger partial charge in [-0.25, -0.2) is 0 Å². The van der Waals surface area contributed by atoms with Crippen LogP contribution in [0.4, 0.5) is 0 Å². The van der Waals surface area contributed by atoms with Gasteiger partial charge in [-0.05, 0) is 31.3 Å². The van der Waals surface area contributed by atoms with Crippen molar-refractivity contribution in [3.05, 3.63) is 24.0 Å². The Labute approximate surface area is 66.2 Å². The zero-order valence-corrected chi connectivity index (χ0v) is 6.33. The topological polar surface area (TPSA) is 56.2 Å². The van der Waals surface area contributed by atoms with Crippen LogP contribution in [0.3, 0.4) is 0 Å². The molecular weight excluding hydrogens is 141 g/mol. The smallest absolute Gasteiger partial charge is 0.427 e. The molecule has 0 atom stereocenters. The van der Waals surface area contributed by atoms with Crippen LogP contribution in [-0.4, -0.2) is 22.2 Å². The van der Waals surface area contributed by atoms with Crippen LogP contribution in [0.5, 0.6) is 0 Å². The second kappa shape index (κ2) is 4.21. The summed E-state index contributed by atoms with van der Waals surface area (Å²) in [6.45, 7) is 0. The zero-order chi connectivity index (χ0) is 8.10. The highest BCUT2D eigenvalue weighted by Crippen LogP contribution is 2.02. The van der Waals surface area contributed by atoms with Gasteiger partial charge in [0.05, 0.1) is 0 Å². The summed E-state index contributed by atoms with van der Waals surface area (Å²) >= 11 is 0. The standard InChI is InChI=1S/C7H12BNO2/c10-8(11)5-1-3-7-4-2-6-9-7/h2,4,6,9-11H,1,3,5H2. The molecule has 11 heavy (non-hydrogen) atoms. The molecule has 60 valence electrons. The normalized spacial score (nSPS) is 10.0. The van der Waals surface area contributed by atoms with Gasteiger partial charge >= 0.3 is 7.12 Å². The van der Waals surface area contributed by atoms with Gasteiger partial charge in [0.1, 0.15) is 0 Å². The van der Waals surface area contributed by atoms with E-state index in [4.69, 9.17) is 10.0 Å². The maximum absolute atomic E-state index is 8.53. The minimum absolute atomic E-state index is 0.443. The molecule has 1 aromatic rings. The van der Waals surface area contributed by atoms with Crippen LogP contribution in [0.2, 0.25) is 6.32 Å². The molecule has 1 aromatic heterocycles. The second-order valence-electron chi connectivity index (χ2n) is 2.57. The largest absolute Gasteiger partial charge is 0.451 e. The van der Waals surface area contributed by atoms with Gasteiger partial charge < -0.3 is 15.0 Å². The SMILES string of the molecule is OB(O)CCCc1ccc[nH]1. The molecule has 0 aromatic carbocycles. The molecule has 0 fully saturated rings. The number of rotatable bonds is 4.